The van der Waals surface area contributed by atoms with Crippen molar-refractivity contribution in [2.75, 3.05) is 18.8 Å². The average molecular weight is 347 g/mol. The molecule has 0 radical (unpaired) electrons. The van der Waals surface area contributed by atoms with Gasteiger partial charge in [0, 0.05) is 12.6 Å². The molecule has 1 atom stereocenters. The van der Waals surface area contributed by atoms with Crippen LogP contribution in [0.1, 0.15) is 36.5 Å². The van der Waals surface area contributed by atoms with Crippen LogP contribution in [0.2, 0.25) is 0 Å². The number of benzene rings is 1. The smallest absolute Gasteiger partial charge is 0.252 e. The van der Waals surface area contributed by atoms with Crippen LogP contribution in [0.5, 0.6) is 0 Å². The number of sulfone groups is 1. The van der Waals surface area contributed by atoms with Gasteiger partial charge in [0.25, 0.3) is 5.91 Å². The summed E-state index contributed by atoms with van der Waals surface area (Å²) in [6.07, 6.45) is 2.68. The molecule has 1 saturated heterocycles. The number of rotatable bonds is 6. The van der Waals surface area contributed by atoms with Gasteiger partial charge in [-0.05, 0) is 37.9 Å². The van der Waals surface area contributed by atoms with Gasteiger partial charge < -0.3 is 10.6 Å². The number of nitrogens with one attached hydrogen (secondary N) is 2. The topological polar surface area (TPSA) is 75.3 Å². The second-order valence-electron chi connectivity index (χ2n) is 5.32. The summed E-state index contributed by atoms with van der Waals surface area (Å²) >= 11 is 0. The normalized spacial score (nSPS) is 17.8. The van der Waals surface area contributed by atoms with Gasteiger partial charge >= 0.3 is 0 Å². The highest BCUT2D eigenvalue weighted by molar-refractivity contribution is 7.91. The molecule has 2 N–H and O–H groups in total. The molecule has 2 rings (SSSR count). The van der Waals surface area contributed by atoms with Gasteiger partial charge in [-0.25, -0.2) is 8.42 Å². The lowest BCUT2D eigenvalue weighted by Gasteiger charge is -2.13. The number of hydrogen-bond donors (Lipinski definition) is 2. The molecule has 0 spiro atoms. The fourth-order valence-corrected chi connectivity index (χ4v) is 4.09. The summed E-state index contributed by atoms with van der Waals surface area (Å²) in [6, 6.07) is 6.70. The fraction of sp³-hybridized carbons (Fsp3) is 0.533. The Morgan fingerprint density at radius 2 is 2.09 bits per heavy atom. The molecule has 1 aliphatic heterocycles. The van der Waals surface area contributed by atoms with Crippen LogP contribution in [0.4, 0.5) is 0 Å². The molecule has 124 valence electrons. The van der Waals surface area contributed by atoms with Gasteiger partial charge in [-0.3, -0.25) is 4.79 Å². The highest BCUT2D eigenvalue weighted by atomic mass is 35.5. The van der Waals surface area contributed by atoms with Gasteiger partial charge in [0.05, 0.1) is 16.2 Å². The van der Waals surface area contributed by atoms with E-state index in [2.05, 4.69) is 10.6 Å². The molecule has 1 aromatic carbocycles. The van der Waals surface area contributed by atoms with Gasteiger partial charge in [-0.2, -0.15) is 0 Å². The molecular formula is C15H23ClN2O3S. The standard InChI is InChI=1S/C15H22N2O3S.ClH/c1-2-10-21(19,20)14-8-4-3-7-13(14)15(18)17-11-12-6-5-9-16-12;/h3-4,7-8,12,16H,2,5-6,9-11H2,1H3,(H,17,18);1H. The number of carbonyl (C=O) groups is 1. The molecule has 0 saturated carbocycles. The first kappa shape index (κ1) is 18.9. The van der Waals surface area contributed by atoms with Gasteiger partial charge in [0.2, 0.25) is 0 Å². The maximum Gasteiger partial charge on any atom is 0.252 e. The van der Waals surface area contributed by atoms with Crippen molar-refractivity contribution < 1.29 is 13.2 Å². The van der Waals surface area contributed by atoms with Gasteiger partial charge in [-0.1, -0.05) is 19.1 Å². The summed E-state index contributed by atoms with van der Waals surface area (Å²) in [4.78, 5) is 12.4. The largest absolute Gasteiger partial charge is 0.350 e. The van der Waals surface area contributed by atoms with Crippen LogP contribution >= 0.6 is 12.4 Å². The number of amides is 1. The Kier molecular flexibility index (Phi) is 7.32. The van der Waals surface area contributed by atoms with E-state index in [-0.39, 0.29) is 40.6 Å². The van der Waals surface area contributed by atoms with E-state index in [1.807, 2.05) is 6.92 Å². The second-order valence-corrected chi connectivity index (χ2v) is 7.40. The lowest BCUT2D eigenvalue weighted by atomic mass is 10.2. The van der Waals surface area contributed by atoms with E-state index in [0.29, 0.717) is 13.0 Å². The zero-order chi connectivity index (χ0) is 15.3. The molecular weight excluding hydrogens is 324 g/mol. The number of hydrogen-bond acceptors (Lipinski definition) is 4. The quantitative estimate of drug-likeness (QED) is 0.823. The van der Waals surface area contributed by atoms with Crippen molar-refractivity contribution in [1.82, 2.24) is 10.6 Å². The maximum absolute atomic E-state index is 12.3. The van der Waals surface area contributed by atoms with E-state index in [1.54, 1.807) is 18.2 Å². The van der Waals surface area contributed by atoms with E-state index in [0.717, 1.165) is 19.4 Å². The van der Waals surface area contributed by atoms with E-state index < -0.39 is 9.84 Å². The SMILES string of the molecule is CCCS(=O)(=O)c1ccccc1C(=O)NCC1CCCN1.Cl. The lowest BCUT2D eigenvalue weighted by Crippen LogP contribution is -2.37. The summed E-state index contributed by atoms with van der Waals surface area (Å²) < 4.78 is 24.5. The maximum atomic E-state index is 12.3. The monoisotopic (exact) mass is 346 g/mol. The highest BCUT2D eigenvalue weighted by Gasteiger charge is 2.22. The molecule has 0 aromatic heterocycles. The van der Waals surface area contributed by atoms with Crippen LogP contribution in [0.15, 0.2) is 29.2 Å². The lowest BCUT2D eigenvalue weighted by molar-refractivity contribution is 0.0947. The third-order valence-corrected chi connectivity index (χ3v) is 5.58. The van der Waals surface area contributed by atoms with Crippen molar-refractivity contribution in [3.8, 4) is 0 Å². The Labute approximate surface area is 138 Å². The predicted octanol–water partition coefficient (Wildman–Crippen LogP) is 1.77. The molecule has 0 bridgehead atoms. The van der Waals surface area contributed by atoms with Crippen LogP contribution < -0.4 is 10.6 Å². The highest BCUT2D eigenvalue weighted by Crippen LogP contribution is 2.18. The minimum absolute atomic E-state index is 0. The molecule has 1 heterocycles. The molecule has 1 amide bonds. The predicted molar refractivity (Wildman–Crippen MR) is 89.4 cm³/mol. The van der Waals surface area contributed by atoms with E-state index in [4.69, 9.17) is 0 Å². The summed E-state index contributed by atoms with van der Waals surface area (Å²) in [6.45, 7) is 3.31. The van der Waals surface area contributed by atoms with Gasteiger partial charge in [-0.15, -0.1) is 12.4 Å². The average Bonchev–Trinajstić information content (AvgIpc) is 2.98. The molecule has 22 heavy (non-hydrogen) atoms. The first-order chi connectivity index (χ1) is 10.0. The van der Waals surface area contributed by atoms with Crippen LogP contribution in [-0.4, -0.2) is 39.2 Å². The van der Waals surface area contributed by atoms with E-state index >= 15 is 0 Å². The molecule has 1 unspecified atom stereocenters. The van der Waals surface area contributed by atoms with E-state index in [9.17, 15) is 13.2 Å². The fourth-order valence-electron chi connectivity index (χ4n) is 2.55. The van der Waals surface area contributed by atoms with Crippen LogP contribution in [-0.2, 0) is 9.84 Å². The Hall–Kier alpha value is -1.11. The Morgan fingerprint density at radius 1 is 1.36 bits per heavy atom. The first-order valence-corrected chi connectivity index (χ1v) is 9.03. The third kappa shape index (κ3) is 4.69. The van der Waals surface area contributed by atoms with Crippen LogP contribution in [0.3, 0.4) is 0 Å². The molecule has 5 nitrogen and oxygen atoms in total. The molecule has 1 fully saturated rings. The molecule has 1 aliphatic rings. The first-order valence-electron chi connectivity index (χ1n) is 7.38. The Morgan fingerprint density at radius 3 is 2.73 bits per heavy atom. The number of halogens is 1. The summed E-state index contributed by atoms with van der Waals surface area (Å²) in [5.74, 6) is -0.263. The zero-order valence-corrected chi connectivity index (χ0v) is 14.3. The minimum Gasteiger partial charge on any atom is -0.350 e. The number of carbonyl (C=O) groups excluding carboxylic acids is 1. The van der Waals surface area contributed by atoms with Gasteiger partial charge in [0.15, 0.2) is 9.84 Å². The van der Waals surface area contributed by atoms with Crippen molar-refractivity contribution in [2.45, 2.75) is 37.1 Å². The van der Waals surface area contributed by atoms with Gasteiger partial charge in [0.1, 0.15) is 0 Å². The second kappa shape index (κ2) is 8.50. The van der Waals surface area contributed by atoms with Crippen LogP contribution in [0.25, 0.3) is 0 Å². The third-order valence-electron chi connectivity index (χ3n) is 3.61. The Bertz CT molecular complexity index is 599. The molecule has 7 heteroatoms. The summed E-state index contributed by atoms with van der Waals surface area (Å²) in [5, 5.41) is 6.13. The van der Waals surface area contributed by atoms with Crippen molar-refractivity contribution in [3.63, 3.8) is 0 Å². The van der Waals surface area contributed by atoms with E-state index in [1.165, 1.54) is 6.07 Å². The summed E-state index contributed by atoms with van der Waals surface area (Å²) in [5.41, 5.74) is 0.240. The molecule has 0 aliphatic carbocycles. The minimum atomic E-state index is -3.40. The van der Waals surface area contributed by atoms with Crippen molar-refractivity contribution in [1.29, 1.82) is 0 Å². The summed E-state index contributed by atoms with van der Waals surface area (Å²) in [7, 11) is -3.40. The van der Waals surface area contributed by atoms with Crippen molar-refractivity contribution >= 4 is 28.2 Å². The molecule has 1 aromatic rings. The Balaban J connectivity index is 0.00000242. The van der Waals surface area contributed by atoms with Crippen LogP contribution in [0, 0.1) is 0 Å². The zero-order valence-electron chi connectivity index (χ0n) is 12.7. The van der Waals surface area contributed by atoms with Crippen molar-refractivity contribution in [3.05, 3.63) is 29.8 Å². The van der Waals surface area contributed by atoms with Crippen molar-refractivity contribution in [2.24, 2.45) is 0 Å².